The highest BCUT2D eigenvalue weighted by Crippen LogP contribution is 2.13. The first-order chi connectivity index (χ1) is 8.69. The van der Waals surface area contributed by atoms with Crippen LogP contribution in [0.15, 0.2) is 28.4 Å². The number of thioether (sulfide) groups is 1. The van der Waals surface area contributed by atoms with Gasteiger partial charge in [-0.2, -0.15) is 5.10 Å². The van der Waals surface area contributed by atoms with Crippen LogP contribution < -0.4 is 5.32 Å². The summed E-state index contributed by atoms with van der Waals surface area (Å²) >= 11 is 4.61. The van der Waals surface area contributed by atoms with E-state index in [2.05, 4.69) is 31.4 Å². The molecule has 1 heterocycles. The van der Waals surface area contributed by atoms with Gasteiger partial charge in [-0.25, -0.2) is 4.39 Å². The van der Waals surface area contributed by atoms with Crippen molar-refractivity contribution in [3.8, 4) is 0 Å². The molecule has 1 aliphatic heterocycles. The molecule has 2 rings (SSSR count). The molecule has 0 atom stereocenters. The van der Waals surface area contributed by atoms with E-state index in [1.807, 2.05) is 0 Å². The smallest absolute Gasteiger partial charge is 0.236 e. The second kappa shape index (κ2) is 6.10. The van der Waals surface area contributed by atoms with Crippen LogP contribution in [0, 0.1) is 5.82 Å². The van der Waals surface area contributed by atoms with E-state index >= 15 is 0 Å². The van der Waals surface area contributed by atoms with Gasteiger partial charge in [0.1, 0.15) is 5.82 Å². The number of benzene rings is 1. The minimum absolute atomic E-state index is 0.0825. The van der Waals surface area contributed by atoms with Crippen molar-refractivity contribution in [3.63, 3.8) is 0 Å². The van der Waals surface area contributed by atoms with Crippen LogP contribution in [-0.4, -0.2) is 23.0 Å². The number of nitrogens with one attached hydrogen (secondary N) is 1. The van der Waals surface area contributed by atoms with Gasteiger partial charge in [0, 0.05) is 10.9 Å². The fourth-order valence-electron chi connectivity index (χ4n) is 1.33. The second-order valence-electron chi connectivity index (χ2n) is 3.46. The minimum atomic E-state index is -0.322. The Morgan fingerprint density at radius 2 is 2.39 bits per heavy atom. The van der Waals surface area contributed by atoms with Gasteiger partial charge in [-0.1, -0.05) is 33.8 Å². The van der Waals surface area contributed by atoms with Crippen molar-refractivity contribution in [2.24, 2.45) is 10.2 Å². The molecule has 1 fully saturated rings. The summed E-state index contributed by atoms with van der Waals surface area (Å²) in [5.74, 6) is -0.0424. The Hall–Kier alpha value is -1.21. The lowest BCUT2D eigenvalue weighted by atomic mass is 10.1. The lowest BCUT2D eigenvalue weighted by Crippen LogP contribution is -2.19. The summed E-state index contributed by atoms with van der Waals surface area (Å²) < 4.78 is 13.1. The van der Waals surface area contributed by atoms with E-state index in [1.54, 1.807) is 6.07 Å². The Kier molecular flexibility index (Phi) is 4.48. The van der Waals surface area contributed by atoms with Crippen molar-refractivity contribution >= 4 is 45.0 Å². The number of hydrogen-bond donors (Lipinski definition) is 1. The van der Waals surface area contributed by atoms with E-state index in [4.69, 9.17) is 0 Å². The number of amides is 1. The third-order valence-corrected chi connectivity index (χ3v) is 3.65. The van der Waals surface area contributed by atoms with E-state index < -0.39 is 0 Å². The number of alkyl halides is 1. The van der Waals surface area contributed by atoms with E-state index in [0.29, 0.717) is 21.8 Å². The summed E-state index contributed by atoms with van der Waals surface area (Å²) in [6.45, 7) is 0. The van der Waals surface area contributed by atoms with Gasteiger partial charge in [0.25, 0.3) is 0 Å². The summed E-state index contributed by atoms with van der Waals surface area (Å²) in [5, 5.41) is 11.3. The largest absolute Gasteiger partial charge is 0.303 e. The van der Waals surface area contributed by atoms with Gasteiger partial charge < -0.3 is 5.32 Å². The molecule has 18 heavy (non-hydrogen) atoms. The van der Waals surface area contributed by atoms with Gasteiger partial charge in [0.15, 0.2) is 5.17 Å². The number of halogens is 2. The third kappa shape index (κ3) is 3.39. The van der Waals surface area contributed by atoms with Gasteiger partial charge in [-0.05, 0) is 17.7 Å². The van der Waals surface area contributed by atoms with E-state index in [0.717, 1.165) is 5.56 Å². The molecule has 7 heteroatoms. The number of nitrogens with zero attached hydrogens (tertiary/aromatic N) is 2. The first-order valence-corrected chi connectivity index (χ1v) is 7.18. The molecule has 94 valence electrons. The lowest BCUT2D eigenvalue weighted by Gasteiger charge is -2.00. The number of rotatable bonds is 3. The number of carbonyl (C=O) groups excluding carboxylic acids is 1. The fraction of sp³-hybridized carbons (Fsp3) is 0.182. The molecule has 0 bridgehead atoms. The highest BCUT2D eigenvalue weighted by molar-refractivity contribution is 9.08. The Morgan fingerprint density at radius 3 is 3.06 bits per heavy atom. The van der Waals surface area contributed by atoms with E-state index in [-0.39, 0.29) is 11.7 Å². The molecule has 4 nitrogen and oxygen atoms in total. The van der Waals surface area contributed by atoms with Crippen LogP contribution in [0.4, 0.5) is 4.39 Å². The Morgan fingerprint density at radius 1 is 1.56 bits per heavy atom. The molecule has 1 N–H and O–H groups in total. The molecule has 0 aliphatic carbocycles. The summed E-state index contributed by atoms with van der Waals surface area (Å²) in [6, 6.07) is 4.47. The molecule has 0 unspecified atom stereocenters. The third-order valence-electron chi connectivity index (χ3n) is 2.18. The van der Waals surface area contributed by atoms with Crippen LogP contribution in [-0.2, 0) is 10.1 Å². The summed E-state index contributed by atoms with van der Waals surface area (Å²) in [5.41, 5.74) is 1.58. The maximum absolute atomic E-state index is 13.1. The zero-order valence-electron chi connectivity index (χ0n) is 9.19. The molecule has 1 aliphatic rings. The normalized spacial score (nSPS) is 17.7. The zero-order valence-corrected chi connectivity index (χ0v) is 11.6. The highest BCUT2D eigenvalue weighted by Gasteiger charge is 2.15. The average Bonchev–Trinajstić information content (AvgIpc) is 2.75. The second-order valence-corrected chi connectivity index (χ2v) is 4.99. The van der Waals surface area contributed by atoms with Crippen molar-refractivity contribution in [2.75, 3.05) is 5.75 Å². The number of amidine groups is 1. The van der Waals surface area contributed by atoms with E-state index in [9.17, 15) is 9.18 Å². The fourth-order valence-corrected chi connectivity index (χ4v) is 2.47. The molecule has 1 saturated heterocycles. The Labute approximate surface area is 116 Å². The Bertz CT molecular complexity index is 533. The first-order valence-electron chi connectivity index (χ1n) is 5.07. The monoisotopic (exact) mass is 329 g/mol. The minimum Gasteiger partial charge on any atom is -0.303 e. The number of carbonyl (C=O) groups is 1. The zero-order chi connectivity index (χ0) is 13.0. The standard InChI is InChI=1S/C11H9BrFN3OS/c12-4-7-1-2-9(13)3-8(7)5-14-16-11-15-10(17)6-18-11/h1-3,5H,4,6H2,(H,15,16,17). The molecule has 1 aromatic rings. The van der Waals surface area contributed by atoms with Gasteiger partial charge in [0.2, 0.25) is 5.91 Å². The molecule has 1 amide bonds. The van der Waals surface area contributed by atoms with Crippen LogP contribution in [0.1, 0.15) is 11.1 Å². The molecule has 1 aromatic carbocycles. The van der Waals surface area contributed by atoms with Crippen LogP contribution >= 0.6 is 27.7 Å². The van der Waals surface area contributed by atoms with E-state index in [1.165, 1.54) is 30.1 Å². The topological polar surface area (TPSA) is 53.8 Å². The maximum atomic E-state index is 13.1. The quantitative estimate of drug-likeness (QED) is 0.525. The van der Waals surface area contributed by atoms with Crippen LogP contribution in [0.5, 0.6) is 0 Å². The van der Waals surface area contributed by atoms with Crippen molar-refractivity contribution in [3.05, 3.63) is 35.1 Å². The summed E-state index contributed by atoms with van der Waals surface area (Å²) in [7, 11) is 0. The van der Waals surface area contributed by atoms with Crippen molar-refractivity contribution < 1.29 is 9.18 Å². The predicted molar refractivity (Wildman–Crippen MR) is 74.7 cm³/mol. The molecule has 0 radical (unpaired) electrons. The molecule has 0 aromatic heterocycles. The van der Waals surface area contributed by atoms with Crippen molar-refractivity contribution in [2.45, 2.75) is 5.33 Å². The molecular weight excluding hydrogens is 321 g/mol. The molecule has 0 spiro atoms. The maximum Gasteiger partial charge on any atom is 0.236 e. The molecular formula is C11H9BrFN3OS. The van der Waals surface area contributed by atoms with Gasteiger partial charge in [-0.15, -0.1) is 5.10 Å². The lowest BCUT2D eigenvalue weighted by molar-refractivity contribution is -0.116. The molecule has 0 saturated carbocycles. The van der Waals surface area contributed by atoms with Crippen LogP contribution in [0.2, 0.25) is 0 Å². The Balaban J connectivity index is 2.13. The number of hydrogen-bond acceptors (Lipinski definition) is 4. The van der Waals surface area contributed by atoms with Crippen molar-refractivity contribution in [1.82, 2.24) is 5.32 Å². The van der Waals surface area contributed by atoms with Crippen molar-refractivity contribution in [1.29, 1.82) is 0 Å². The van der Waals surface area contributed by atoms with Gasteiger partial charge in [0.05, 0.1) is 12.0 Å². The van der Waals surface area contributed by atoms with Gasteiger partial charge >= 0.3 is 0 Å². The SMILES string of the molecule is O=C1CSC(=NN=Cc2cc(F)ccc2CBr)N1. The first kappa shape index (κ1) is 13.2. The average molecular weight is 330 g/mol. The van der Waals surface area contributed by atoms with Crippen LogP contribution in [0.25, 0.3) is 0 Å². The van der Waals surface area contributed by atoms with Gasteiger partial charge in [-0.3, -0.25) is 4.79 Å². The summed E-state index contributed by atoms with van der Waals surface area (Å²) in [6.07, 6.45) is 1.47. The summed E-state index contributed by atoms with van der Waals surface area (Å²) in [4.78, 5) is 10.9. The van der Waals surface area contributed by atoms with Crippen LogP contribution in [0.3, 0.4) is 0 Å². The predicted octanol–water partition coefficient (Wildman–Crippen LogP) is 2.27. The highest BCUT2D eigenvalue weighted by atomic mass is 79.9.